The van der Waals surface area contributed by atoms with Crippen molar-refractivity contribution in [3.63, 3.8) is 0 Å². The molecular formula is C23H13FN4O. The lowest BCUT2D eigenvalue weighted by Gasteiger charge is -2.07. The fraction of sp³-hybridized carbons (Fsp3) is 0. The number of hydrogen-bond acceptors (Lipinski definition) is 3. The van der Waals surface area contributed by atoms with Crippen molar-refractivity contribution in [2.75, 3.05) is 0 Å². The van der Waals surface area contributed by atoms with Gasteiger partial charge in [0, 0.05) is 11.6 Å². The Morgan fingerprint density at radius 2 is 1.76 bits per heavy atom. The lowest BCUT2D eigenvalue weighted by Crippen LogP contribution is -2.16. The van der Waals surface area contributed by atoms with Gasteiger partial charge < -0.3 is 4.98 Å². The predicted molar refractivity (Wildman–Crippen MR) is 109 cm³/mol. The summed E-state index contributed by atoms with van der Waals surface area (Å²) in [6, 6.07) is 21.0. The van der Waals surface area contributed by atoms with Crippen molar-refractivity contribution in [2.24, 2.45) is 0 Å². The van der Waals surface area contributed by atoms with Crippen LogP contribution < -0.4 is 5.56 Å². The number of nitrogens with zero attached hydrogens (tertiary/aromatic N) is 3. The summed E-state index contributed by atoms with van der Waals surface area (Å²) in [5.74, 6) is -0.0400. The molecule has 0 aliphatic carbocycles. The second-order valence-electron chi connectivity index (χ2n) is 6.70. The fourth-order valence-corrected chi connectivity index (χ4v) is 3.46. The van der Waals surface area contributed by atoms with E-state index in [0.717, 1.165) is 22.0 Å². The first-order valence-electron chi connectivity index (χ1n) is 8.94. The Balaban J connectivity index is 1.64. The van der Waals surface area contributed by atoms with Crippen LogP contribution in [0.25, 0.3) is 38.9 Å². The van der Waals surface area contributed by atoms with Gasteiger partial charge in [-0.05, 0) is 59.7 Å². The van der Waals surface area contributed by atoms with Gasteiger partial charge >= 0.3 is 0 Å². The lowest BCUT2D eigenvalue weighted by molar-refractivity contribution is 0.628. The van der Waals surface area contributed by atoms with Gasteiger partial charge in [0.25, 0.3) is 5.56 Å². The maximum Gasteiger partial charge on any atom is 0.292 e. The zero-order valence-corrected chi connectivity index (χ0v) is 15.1. The van der Waals surface area contributed by atoms with Gasteiger partial charge in [-0.1, -0.05) is 18.2 Å². The Labute approximate surface area is 164 Å². The van der Waals surface area contributed by atoms with Crippen LogP contribution in [0.2, 0.25) is 0 Å². The number of aromatic nitrogens is 3. The van der Waals surface area contributed by atoms with Crippen LogP contribution >= 0.6 is 0 Å². The molecule has 0 aliphatic heterocycles. The van der Waals surface area contributed by atoms with Gasteiger partial charge in [0.2, 0.25) is 5.82 Å². The molecule has 0 spiro atoms. The van der Waals surface area contributed by atoms with Crippen LogP contribution in [0, 0.1) is 17.1 Å². The van der Waals surface area contributed by atoms with Crippen LogP contribution in [-0.4, -0.2) is 14.5 Å². The monoisotopic (exact) mass is 380 g/mol. The van der Waals surface area contributed by atoms with Crippen molar-refractivity contribution in [1.29, 1.82) is 5.26 Å². The van der Waals surface area contributed by atoms with Crippen LogP contribution in [0.5, 0.6) is 0 Å². The molecule has 0 radical (unpaired) electrons. The second-order valence-corrected chi connectivity index (χ2v) is 6.70. The van der Waals surface area contributed by atoms with Crippen molar-refractivity contribution in [2.45, 2.75) is 0 Å². The van der Waals surface area contributed by atoms with Crippen molar-refractivity contribution in [3.8, 4) is 23.0 Å². The summed E-state index contributed by atoms with van der Waals surface area (Å²) in [5.41, 5.74) is 3.98. The first-order chi connectivity index (χ1) is 14.1. The molecule has 138 valence electrons. The number of nitrogens with one attached hydrogen (secondary N) is 1. The van der Waals surface area contributed by atoms with Gasteiger partial charge in [0.05, 0.1) is 28.2 Å². The van der Waals surface area contributed by atoms with Crippen molar-refractivity contribution in [3.05, 3.63) is 94.7 Å². The molecule has 0 fully saturated rings. The summed E-state index contributed by atoms with van der Waals surface area (Å²) < 4.78 is 14.9. The molecule has 5 aromatic rings. The zero-order chi connectivity index (χ0) is 20.0. The number of aromatic amines is 1. The third-order valence-electron chi connectivity index (χ3n) is 4.90. The SMILES string of the molecule is N#Cc1ccc2c(ccn2-c2nc3ccc(-c4ccc(F)cc4)cc3[nH]c2=O)c1. The van der Waals surface area contributed by atoms with Crippen LogP contribution in [0.1, 0.15) is 5.56 Å². The molecule has 2 heterocycles. The molecule has 6 heteroatoms. The van der Waals surface area contributed by atoms with Gasteiger partial charge in [-0.15, -0.1) is 0 Å². The fourth-order valence-electron chi connectivity index (χ4n) is 3.46. The number of H-pyrrole nitrogens is 1. The number of fused-ring (bicyclic) bond motifs is 2. The minimum atomic E-state index is -0.324. The van der Waals surface area contributed by atoms with Gasteiger partial charge in [-0.2, -0.15) is 5.26 Å². The van der Waals surface area contributed by atoms with E-state index >= 15 is 0 Å². The molecule has 0 saturated heterocycles. The summed E-state index contributed by atoms with van der Waals surface area (Å²) in [6.45, 7) is 0. The third kappa shape index (κ3) is 2.86. The topological polar surface area (TPSA) is 74.5 Å². The van der Waals surface area contributed by atoms with E-state index in [1.165, 1.54) is 12.1 Å². The molecule has 2 aromatic heterocycles. The Hall–Kier alpha value is -4.24. The van der Waals surface area contributed by atoms with Crippen molar-refractivity contribution in [1.82, 2.24) is 14.5 Å². The highest BCUT2D eigenvalue weighted by Gasteiger charge is 2.11. The quantitative estimate of drug-likeness (QED) is 0.488. The number of hydrogen-bond donors (Lipinski definition) is 1. The number of nitriles is 1. The molecular weight excluding hydrogens is 367 g/mol. The summed E-state index contributed by atoms with van der Waals surface area (Å²) in [7, 11) is 0. The molecule has 0 unspecified atom stereocenters. The smallest absolute Gasteiger partial charge is 0.292 e. The van der Waals surface area contributed by atoms with E-state index in [9.17, 15) is 9.18 Å². The Bertz CT molecular complexity index is 1490. The first-order valence-corrected chi connectivity index (χ1v) is 8.94. The summed E-state index contributed by atoms with van der Waals surface area (Å²) in [6.07, 6.45) is 1.77. The van der Waals surface area contributed by atoms with E-state index in [0.29, 0.717) is 16.6 Å². The summed E-state index contributed by atoms with van der Waals surface area (Å²) in [4.78, 5) is 20.2. The normalized spacial score (nSPS) is 11.0. The minimum absolute atomic E-state index is 0.256. The average Bonchev–Trinajstić information content (AvgIpc) is 3.16. The summed E-state index contributed by atoms with van der Waals surface area (Å²) >= 11 is 0. The number of rotatable bonds is 2. The largest absolute Gasteiger partial charge is 0.317 e. The van der Waals surface area contributed by atoms with E-state index in [1.54, 1.807) is 41.1 Å². The van der Waals surface area contributed by atoms with E-state index in [4.69, 9.17) is 5.26 Å². The molecule has 1 N–H and O–H groups in total. The van der Waals surface area contributed by atoms with Crippen LogP contribution in [-0.2, 0) is 0 Å². The zero-order valence-electron chi connectivity index (χ0n) is 15.1. The van der Waals surface area contributed by atoms with Crippen LogP contribution in [0.3, 0.4) is 0 Å². The summed E-state index contributed by atoms with van der Waals surface area (Å²) in [5, 5.41) is 9.92. The molecule has 0 bridgehead atoms. The van der Waals surface area contributed by atoms with E-state index < -0.39 is 0 Å². The molecule has 0 amide bonds. The Morgan fingerprint density at radius 3 is 2.55 bits per heavy atom. The highest BCUT2D eigenvalue weighted by atomic mass is 19.1. The molecule has 0 aliphatic rings. The van der Waals surface area contributed by atoms with Crippen molar-refractivity contribution >= 4 is 21.9 Å². The highest BCUT2D eigenvalue weighted by Crippen LogP contribution is 2.24. The van der Waals surface area contributed by atoms with E-state index in [-0.39, 0.29) is 17.2 Å². The van der Waals surface area contributed by atoms with Gasteiger partial charge in [-0.25, -0.2) is 9.37 Å². The molecule has 5 nitrogen and oxygen atoms in total. The lowest BCUT2D eigenvalue weighted by atomic mass is 10.1. The Kier molecular flexibility index (Phi) is 3.75. The maximum absolute atomic E-state index is 13.2. The molecule has 29 heavy (non-hydrogen) atoms. The molecule has 5 rings (SSSR count). The van der Waals surface area contributed by atoms with E-state index in [1.807, 2.05) is 24.3 Å². The number of halogens is 1. The third-order valence-corrected chi connectivity index (χ3v) is 4.90. The van der Waals surface area contributed by atoms with Crippen LogP contribution in [0.4, 0.5) is 4.39 Å². The minimum Gasteiger partial charge on any atom is -0.317 e. The standard InChI is InChI=1S/C23H13FN4O/c24-18-5-2-15(3-6-18)16-4-7-19-20(12-16)27-23(29)22(26-19)28-10-9-17-11-14(13-25)1-8-21(17)28/h1-12H,(H,27,29). The van der Waals surface area contributed by atoms with Gasteiger partial charge in [-0.3, -0.25) is 9.36 Å². The highest BCUT2D eigenvalue weighted by molar-refractivity contribution is 5.84. The number of benzene rings is 3. The molecule has 0 atom stereocenters. The second kappa shape index (κ2) is 6.43. The van der Waals surface area contributed by atoms with E-state index in [2.05, 4.69) is 16.0 Å². The predicted octanol–water partition coefficient (Wildman–Crippen LogP) is 4.54. The van der Waals surface area contributed by atoms with Gasteiger partial charge in [0.15, 0.2) is 0 Å². The van der Waals surface area contributed by atoms with Crippen molar-refractivity contribution < 1.29 is 4.39 Å². The first kappa shape index (κ1) is 16.9. The van der Waals surface area contributed by atoms with Crippen LogP contribution in [0.15, 0.2) is 77.7 Å². The molecule has 0 saturated carbocycles. The Morgan fingerprint density at radius 1 is 0.966 bits per heavy atom. The average molecular weight is 380 g/mol. The maximum atomic E-state index is 13.2. The van der Waals surface area contributed by atoms with Gasteiger partial charge in [0.1, 0.15) is 5.82 Å². The molecule has 3 aromatic carbocycles.